The van der Waals surface area contributed by atoms with E-state index in [1.165, 1.54) is 0 Å². The van der Waals surface area contributed by atoms with Gasteiger partial charge in [-0.2, -0.15) is 0 Å². The van der Waals surface area contributed by atoms with Crippen LogP contribution in [0, 0.1) is 0 Å². The Morgan fingerprint density at radius 1 is 1.38 bits per heavy atom. The molecular weight excluding hydrogens is 292 g/mol. The van der Waals surface area contributed by atoms with Crippen LogP contribution in [0.4, 0.5) is 0 Å². The van der Waals surface area contributed by atoms with Crippen molar-refractivity contribution in [2.45, 2.75) is 18.1 Å². The first kappa shape index (κ1) is 14.0. The second kappa shape index (κ2) is 5.12. The normalized spacial score (nSPS) is 19.6. The van der Waals surface area contributed by atoms with Crippen molar-refractivity contribution in [1.29, 1.82) is 0 Å². The Balaban J connectivity index is 1.66. The number of imidazole rings is 1. The lowest BCUT2D eigenvalue weighted by Crippen LogP contribution is -2.33. The topological polar surface area (TPSA) is 97.8 Å². The van der Waals surface area contributed by atoms with E-state index in [2.05, 4.69) is 4.98 Å². The molecule has 0 radical (unpaired) electrons. The fraction of sp³-hybridized carbons (Fsp3) is 0.385. The van der Waals surface area contributed by atoms with Crippen LogP contribution in [0.15, 0.2) is 30.7 Å². The minimum Gasteiger partial charge on any atom is -0.341 e. The van der Waals surface area contributed by atoms with Gasteiger partial charge in [0.15, 0.2) is 0 Å². The Bertz CT molecular complexity index is 784. The van der Waals surface area contributed by atoms with Gasteiger partial charge in [-0.3, -0.25) is 4.79 Å². The minimum absolute atomic E-state index is 0.0145. The summed E-state index contributed by atoms with van der Waals surface area (Å²) < 4.78 is 24.5. The summed E-state index contributed by atoms with van der Waals surface area (Å²) in [6, 6.07) is 3.87. The Morgan fingerprint density at radius 2 is 2.19 bits per heavy atom. The Labute approximate surface area is 122 Å². The molecule has 7 nitrogen and oxygen atoms in total. The number of nitrogens with zero attached hydrogens (tertiary/aromatic N) is 3. The number of fused-ring (bicyclic) bond motifs is 1. The number of nitrogens with two attached hydrogens (primary N) is 1. The van der Waals surface area contributed by atoms with Crippen molar-refractivity contribution in [3.05, 3.63) is 36.3 Å². The number of sulfonamides is 1. The fourth-order valence-corrected chi connectivity index (χ4v) is 3.31. The Kier molecular flexibility index (Phi) is 3.42. The highest BCUT2D eigenvalue weighted by molar-refractivity contribution is 7.89. The Hall–Kier alpha value is -1.93. The summed E-state index contributed by atoms with van der Waals surface area (Å²) in [6.45, 7) is 0.677. The molecular formula is C13H16N4O3S. The molecule has 2 aromatic rings. The molecule has 2 N–H and O–H groups in total. The lowest BCUT2D eigenvalue weighted by molar-refractivity contribution is -0.127. The predicted molar refractivity (Wildman–Crippen MR) is 77.0 cm³/mol. The highest BCUT2D eigenvalue weighted by atomic mass is 32.2. The standard InChI is InChI=1S/C13H16N4O3S/c14-21(19,20)11-7-13(18)17(9-11)5-3-10-1-2-12-15-4-6-16(12)8-10/h1-2,4,6,8,11H,3,5,7,9H2,(H2,14,19,20). The highest BCUT2D eigenvalue weighted by Crippen LogP contribution is 2.17. The first-order valence-corrected chi connectivity index (χ1v) is 8.25. The van der Waals surface area contributed by atoms with Gasteiger partial charge in [-0.05, 0) is 18.1 Å². The smallest absolute Gasteiger partial charge is 0.224 e. The lowest BCUT2D eigenvalue weighted by Gasteiger charge is -2.16. The molecule has 1 aliphatic rings. The van der Waals surface area contributed by atoms with Crippen LogP contribution in [0.5, 0.6) is 0 Å². The average Bonchev–Trinajstić information content (AvgIpc) is 3.01. The average molecular weight is 308 g/mol. The SMILES string of the molecule is NS(=O)(=O)C1CC(=O)N(CCc2ccc3nccn3c2)C1. The third-order valence-electron chi connectivity index (χ3n) is 3.76. The summed E-state index contributed by atoms with van der Waals surface area (Å²) in [5.74, 6) is -0.155. The number of hydrogen-bond acceptors (Lipinski definition) is 4. The van der Waals surface area contributed by atoms with Gasteiger partial charge in [-0.25, -0.2) is 18.5 Å². The summed E-state index contributed by atoms with van der Waals surface area (Å²) in [6.07, 6.45) is 6.19. The molecule has 3 heterocycles. The zero-order valence-corrected chi connectivity index (χ0v) is 12.2. The van der Waals surface area contributed by atoms with Gasteiger partial charge in [0.05, 0.1) is 0 Å². The molecule has 1 saturated heterocycles. The molecule has 8 heteroatoms. The van der Waals surface area contributed by atoms with Gasteiger partial charge in [-0.15, -0.1) is 0 Å². The van der Waals surface area contributed by atoms with Crippen LogP contribution in [0.3, 0.4) is 0 Å². The van der Waals surface area contributed by atoms with E-state index in [1.54, 1.807) is 11.1 Å². The van der Waals surface area contributed by atoms with E-state index in [-0.39, 0.29) is 18.9 Å². The van der Waals surface area contributed by atoms with E-state index in [1.807, 2.05) is 28.9 Å². The number of aromatic nitrogens is 2. The van der Waals surface area contributed by atoms with E-state index < -0.39 is 15.3 Å². The monoisotopic (exact) mass is 308 g/mol. The number of pyridine rings is 1. The second-order valence-corrected chi connectivity index (χ2v) is 7.08. The quantitative estimate of drug-likeness (QED) is 0.843. The zero-order valence-electron chi connectivity index (χ0n) is 11.3. The molecule has 112 valence electrons. The van der Waals surface area contributed by atoms with E-state index >= 15 is 0 Å². The molecule has 0 spiro atoms. The molecule has 1 fully saturated rings. The number of amides is 1. The van der Waals surface area contributed by atoms with Gasteiger partial charge in [0, 0.05) is 38.1 Å². The fourth-order valence-electron chi connectivity index (χ4n) is 2.55. The van der Waals surface area contributed by atoms with Crippen LogP contribution in [0.2, 0.25) is 0 Å². The van der Waals surface area contributed by atoms with Crippen LogP contribution < -0.4 is 5.14 Å². The molecule has 3 rings (SSSR count). The summed E-state index contributed by atoms with van der Waals surface area (Å²) in [5.41, 5.74) is 1.93. The van der Waals surface area contributed by atoms with E-state index in [0.29, 0.717) is 13.0 Å². The summed E-state index contributed by atoms with van der Waals surface area (Å²) in [4.78, 5) is 17.5. The third-order valence-corrected chi connectivity index (χ3v) is 5.01. The Morgan fingerprint density at radius 3 is 2.90 bits per heavy atom. The van der Waals surface area contributed by atoms with Crippen molar-refractivity contribution in [3.8, 4) is 0 Å². The van der Waals surface area contributed by atoms with Crippen LogP contribution in [0.25, 0.3) is 5.65 Å². The summed E-state index contributed by atoms with van der Waals surface area (Å²) in [5, 5.41) is 4.33. The largest absolute Gasteiger partial charge is 0.341 e. The van der Waals surface area contributed by atoms with Crippen LogP contribution in [0.1, 0.15) is 12.0 Å². The van der Waals surface area contributed by atoms with E-state index in [4.69, 9.17) is 5.14 Å². The van der Waals surface area contributed by atoms with E-state index in [0.717, 1.165) is 11.2 Å². The molecule has 0 saturated carbocycles. The van der Waals surface area contributed by atoms with Crippen molar-refractivity contribution in [2.75, 3.05) is 13.1 Å². The molecule has 0 bridgehead atoms. The van der Waals surface area contributed by atoms with Crippen LogP contribution in [-0.2, 0) is 21.2 Å². The van der Waals surface area contributed by atoms with Crippen LogP contribution in [-0.4, -0.2) is 46.9 Å². The third kappa shape index (κ3) is 2.91. The first-order chi connectivity index (χ1) is 9.93. The van der Waals surface area contributed by atoms with Crippen LogP contribution >= 0.6 is 0 Å². The molecule has 1 atom stereocenters. The molecule has 0 aliphatic carbocycles. The first-order valence-electron chi connectivity index (χ1n) is 6.64. The predicted octanol–water partition coefficient (Wildman–Crippen LogP) is -0.234. The highest BCUT2D eigenvalue weighted by Gasteiger charge is 2.35. The van der Waals surface area contributed by atoms with Crippen molar-refractivity contribution >= 4 is 21.6 Å². The number of rotatable bonds is 4. The summed E-state index contributed by atoms with van der Waals surface area (Å²) >= 11 is 0. The van der Waals surface area contributed by atoms with Gasteiger partial charge in [0.25, 0.3) is 0 Å². The number of carbonyl (C=O) groups is 1. The molecule has 0 aromatic carbocycles. The summed E-state index contributed by atoms with van der Waals surface area (Å²) in [7, 11) is -3.65. The molecule has 1 amide bonds. The maximum absolute atomic E-state index is 11.8. The zero-order chi connectivity index (χ0) is 15.0. The maximum atomic E-state index is 11.8. The molecule has 2 aromatic heterocycles. The number of carbonyl (C=O) groups excluding carboxylic acids is 1. The van der Waals surface area contributed by atoms with Gasteiger partial charge in [0.2, 0.25) is 15.9 Å². The number of likely N-dealkylation sites (tertiary alicyclic amines) is 1. The van der Waals surface area contributed by atoms with Gasteiger partial charge in [-0.1, -0.05) is 6.07 Å². The van der Waals surface area contributed by atoms with Crippen molar-refractivity contribution in [3.63, 3.8) is 0 Å². The van der Waals surface area contributed by atoms with Gasteiger partial charge >= 0.3 is 0 Å². The number of primary sulfonamides is 1. The molecule has 21 heavy (non-hydrogen) atoms. The van der Waals surface area contributed by atoms with E-state index in [9.17, 15) is 13.2 Å². The molecule has 1 unspecified atom stereocenters. The van der Waals surface area contributed by atoms with Gasteiger partial charge < -0.3 is 9.30 Å². The maximum Gasteiger partial charge on any atom is 0.224 e. The second-order valence-electron chi connectivity index (χ2n) is 5.23. The lowest BCUT2D eigenvalue weighted by atomic mass is 10.2. The van der Waals surface area contributed by atoms with Crippen molar-refractivity contribution < 1.29 is 13.2 Å². The number of hydrogen-bond donors (Lipinski definition) is 1. The molecule has 1 aliphatic heterocycles. The van der Waals surface area contributed by atoms with Crippen molar-refractivity contribution in [2.24, 2.45) is 5.14 Å². The minimum atomic E-state index is -3.65. The van der Waals surface area contributed by atoms with Crippen molar-refractivity contribution in [1.82, 2.24) is 14.3 Å². The van der Waals surface area contributed by atoms with Gasteiger partial charge in [0.1, 0.15) is 10.9 Å².